The zero-order valence-corrected chi connectivity index (χ0v) is 28.0. The van der Waals surface area contributed by atoms with Gasteiger partial charge in [0.2, 0.25) is 11.4 Å². The van der Waals surface area contributed by atoms with Crippen LogP contribution in [0.1, 0.15) is 85.0 Å². The minimum absolute atomic E-state index is 0.0879. The highest BCUT2D eigenvalue weighted by atomic mass is 16.5. The molecule has 1 saturated carbocycles. The van der Waals surface area contributed by atoms with Crippen molar-refractivity contribution in [1.29, 1.82) is 0 Å². The van der Waals surface area contributed by atoms with Crippen LogP contribution in [0.3, 0.4) is 0 Å². The molecule has 0 spiro atoms. The van der Waals surface area contributed by atoms with Gasteiger partial charge in [0.1, 0.15) is 5.75 Å². The number of pyridine rings is 2. The van der Waals surface area contributed by atoms with E-state index in [9.17, 15) is 9.59 Å². The average molecular weight is 647 g/mol. The molecule has 0 N–H and O–H groups in total. The maximum absolute atomic E-state index is 13.3. The van der Waals surface area contributed by atoms with E-state index >= 15 is 0 Å². The highest BCUT2D eigenvalue weighted by Crippen LogP contribution is 2.29. The standard InChI is InChI=1S/C39H42N4O5/c1-4-43(39(45)35-23-29-20-26-14-13-25(2)19-32(26)40-36(29)48-35)17-9-6-10-18-46-31-16-15-27-21-28-22-34(47-37(28)41-33(27)24-31)38(44)42(3)30-11-7-5-8-12-30/h13-16,19-24,30H,4-12,17-18H2,1-3H3. The van der Waals surface area contributed by atoms with Crippen molar-refractivity contribution in [2.45, 2.75) is 71.3 Å². The van der Waals surface area contributed by atoms with E-state index in [-0.39, 0.29) is 17.9 Å². The van der Waals surface area contributed by atoms with E-state index in [2.05, 4.69) is 11.1 Å². The van der Waals surface area contributed by atoms with Gasteiger partial charge >= 0.3 is 0 Å². The van der Waals surface area contributed by atoms with Gasteiger partial charge in [0, 0.05) is 53.8 Å². The monoisotopic (exact) mass is 646 g/mol. The molecule has 0 saturated heterocycles. The van der Waals surface area contributed by atoms with Crippen LogP contribution >= 0.6 is 0 Å². The fourth-order valence-electron chi connectivity index (χ4n) is 6.78. The third-order valence-electron chi connectivity index (χ3n) is 9.61. The lowest BCUT2D eigenvalue weighted by atomic mass is 9.94. The van der Waals surface area contributed by atoms with E-state index < -0.39 is 0 Å². The number of nitrogens with zero attached hydrogens (tertiary/aromatic N) is 4. The fraction of sp³-hybridized carbons (Fsp3) is 0.385. The smallest absolute Gasteiger partial charge is 0.289 e. The van der Waals surface area contributed by atoms with Crippen LogP contribution in [0.15, 0.2) is 69.5 Å². The number of hydrogen-bond acceptors (Lipinski definition) is 7. The number of rotatable bonds is 11. The predicted molar refractivity (Wildman–Crippen MR) is 188 cm³/mol. The Bertz CT molecular complexity index is 2110. The molecule has 0 atom stereocenters. The number of amides is 2. The number of unbranched alkanes of at least 4 members (excludes halogenated alkanes) is 2. The lowest BCUT2D eigenvalue weighted by Crippen LogP contribution is -2.38. The minimum atomic E-state index is -0.117. The Morgan fingerprint density at radius 3 is 2.10 bits per heavy atom. The van der Waals surface area contributed by atoms with E-state index in [4.69, 9.17) is 18.6 Å². The molecule has 4 heterocycles. The van der Waals surface area contributed by atoms with Crippen molar-refractivity contribution in [2.24, 2.45) is 0 Å². The van der Waals surface area contributed by atoms with Gasteiger partial charge in [-0.25, -0.2) is 9.97 Å². The van der Waals surface area contributed by atoms with Crippen LogP contribution in [-0.2, 0) is 0 Å². The second-order valence-electron chi connectivity index (χ2n) is 13.0. The number of benzene rings is 2. The lowest BCUT2D eigenvalue weighted by molar-refractivity contribution is 0.0665. The molecule has 4 aromatic heterocycles. The summed E-state index contributed by atoms with van der Waals surface area (Å²) in [5.74, 6) is 1.19. The molecule has 0 bridgehead atoms. The molecule has 2 aromatic carbocycles. The Balaban J connectivity index is 0.911. The number of carbonyl (C=O) groups excluding carboxylic acids is 2. The molecule has 9 nitrogen and oxygen atoms in total. The van der Waals surface area contributed by atoms with E-state index in [0.717, 1.165) is 76.0 Å². The third kappa shape index (κ3) is 6.59. The van der Waals surface area contributed by atoms with Gasteiger partial charge in [0.05, 0.1) is 17.6 Å². The highest BCUT2D eigenvalue weighted by Gasteiger charge is 2.26. The molecule has 7 rings (SSSR count). The van der Waals surface area contributed by atoms with Crippen LogP contribution in [0.5, 0.6) is 5.75 Å². The summed E-state index contributed by atoms with van der Waals surface area (Å²) in [4.78, 5) is 39.4. The highest BCUT2D eigenvalue weighted by molar-refractivity contribution is 5.99. The summed E-state index contributed by atoms with van der Waals surface area (Å²) in [7, 11) is 1.88. The Labute approximate surface area is 279 Å². The maximum atomic E-state index is 13.3. The summed E-state index contributed by atoms with van der Waals surface area (Å²) in [5.41, 5.74) is 3.69. The van der Waals surface area contributed by atoms with Crippen molar-refractivity contribution in [3.05, 3.63) is 77.7 Å². The molecule has 48 heavy (non-hydrogen) atoms. The predicted octanol–water partition coefficient (Wildman–Crippen LogP) is 8.70. The Morgan fingerprint density at radius 1 is 0.771 bits per heavy atom. The van der Waals surface area contributed by atoms with Crippen molar-refractivity contribution >= 4 is 55.8 Å². The summed E-state index contributed by atoms with van der Waals surface area (Å²) in [6, 6.07) is 19.9. The minimum Gasteiger partial charge on any atom is -0.494 e. The van der Waals surface area contributed by atoms with Gasteiger partial charge in [-0.3, -0.25) is 9.59 Å². The first kappa shape index (κ1) is 31.7. The largest absolute Gasteiger partial charge is 0.494 e. The van der Waals surface area contributed by atoms with Crippen molar-refractivity contribution in [2.75, 3.05) is 26.7 Å². The molecule has 1 fully saturated rings. The van der Waals surface area contributed by atoms with Crippen molar-refractivity contribution in [3.63, 3.8) is 0 Å². The number of hydrogen-bond donors (Lipinski definition) is 0. The van der Waals surface area contributed by atoms with Crippen molar-refractivity contribution in [1.82, 2.24) is 19.8 Å². The molecular formula is C39H42N4O5. The molecule has 0 radical (unpaired) electrons. The number of aromatic nitrogens is 2. The van der Waals surface area contributed by atoms with Gasteiger partial charge < -0.3 is 23.4 Å². The molecule has 248 valence electrons. The normalized spacial score (nSPS) is 13.9. The molecular weight excluding hydrogens is 604 g/mol. The summed E-state index contributed by atoms with van der Waals surface area (Å²) < 4.78 is 17.9. The van der Waals surface area contributed by atoms with Crippen LogP contribution in [0.2, 0.25) is 0 Å². The van der Waals surface area contributed by atoms with Gasteiger partial charge in [0.25, 0.3) is 11.8 Å². The molecule has 2 amide bonds. The Morgan fingerprint density at radius 2 is 1.42 bits per heavy atom. The van der Waals surface area contributed by atoms with E-state index in [1.54, 1.807) is 12.1 Å². The lowest BCUT2D eigenvalue weighted by Gasteiger charge is -2.30. The molecule has 0 unspecified atom stereocenters. The van der Waals surface area contributed by atoms with Crippen molar-refractivity contribution < 1.29 is 23.2 Å². The van der Waals surface area contributed by atoms with Crippen molar-refractivity contribution in [3.8, 4) is 5.75 Å². The molecule has 1 aliphatic carbocycles. The number of fused-ring (bicyclic) bond motifs is 4. The van der Waals surface area contributed by atoms with Crippen LogP contribution in [0, 0.1) is 6.92 Å². The second-order valence-corrected chi connectivity index (χ2v) is 13.0. The van der Waals surface area contributed by atoms with Crippen LogP contribution in [0.25, 0.3) is 44.0 Å². The van der Waals surface area contributed by atoms with E-state index in [0.29, 0.717) is 42.6 Å². The number of ether oxygens (including phenoxy) is 1. The van der Waals surface area contributed by atoms with Gasteiger partial charge in [-0.15, -0.1) is 0 Å². The molecule has 0 aliphatic heterocycles. The number of carbonyl (C=O) groups is 2. The first-order valence-electron chi connectivity index (χ1n) is 17.2. The van der Waals surface area contributed by atoms with Gasteiger partial charge in [0.15, 0.2) is 11.5 Å². The number of furan rings is 2. The van der Waals surface area contributed by atoms with Crippen LogP contribution in [0.4, 0.5) is 0 Å². The average Bonchev–Trinajstić information content (AvgIpc) is 3.72. The first-order valence-corrected chi connectivity index (χ1v) is 17.2. The molecule has 9 heteroatoms. The molecule has 1 aliphatic rings. The van der Waals surface area contributed by atoms with E-state index in [1.807, 2.05) is 73.2 Å². The maximum Gasteiger partial charge on any atom is 0.289 e. The molecule has 6 aromatic rings. The van der Waals surface area contributed by atoms with Gasteiger partial charge in [-0.2, -0.15) is 0 Å². The van der Waals surface area contributed by atoms with Crippen LogP contribution < -0.4 is 4.74 Å². The van der Waals surface area contributed by atoms with Gasteiger partial charge in [-0.05, 0) is 94.0 Å². The summed E-state index contributed by atoms with van der Waals surface area (Å²) >= 11 is 0. The zero-order valence-electron chi connectivity index (χ0n) is 28.0. The third-order valence-corrected chi connectivity index (χ3v) is 9.61. The zero-order chi connectivity index (χ0) is 33.2. The summed E-state index contributed by atoms with van der Waals surface area (Å²) in [6.45, 7) is 5.81. The quantitative estimate of drug-likeness (QED) is 0.130. The summed E-state index contributed by atoms with van der Waals surface area (Å²) in [6.07, 6.45) is 8.30. The van der Waals surface area contributed by atoms with E-state index in [1.165, 1.54) is 19.3 Å². The SMILES string of the molecule is CCN(CCCCCOc1ccc2cc3cc(C(=O)N(C)C4CCCCC4)oc3nc2c1)C(=O)c1cc2cc3ccc(C)cc3nc2o1. The Hall–Kier alpha value is -4.92. The Kier molecular flexibility index (Phi) is 9.02. The first-order chi connectivity index (χ1) is 23.4. The number of aryl methyl sites for hydroxylation is 1. The topological polar surface area (TPSA) is 102 Å². The fourth-order valence-corrected chi connectivity index (χ4v) is 6.78. The van der Waals surface area contributed by atoms with Gasteiger partial charge in [-0.1, -0.05) is 31.4 Å². The van der Waals surface area contributed by atoms with Crippen LogP contribution in [-0.4, -0.2) is 64.4 Å². The summed E-state index contributed by atoms with van der Waals surface area (Å²) in [5, 5.41) is 3.63. The second kappa shape index (κ2) is 13.7.